The number of nitriles is 1. The summed E-state index contributed by atoms with van der Waals surface area (Å²) in [6.45, 7) is 3.42. The third-order valence-corrected chi connectivity index (χ3v) is 2.86. The number of ketones is 1. The number of rotatable bonds is 4. The second-order valence-electron chi connectivity index (χ2n) is 4.74. The van der Waals surface area contributed by atoms with Crippen LogP contribution in [0.1, 0.15) is 19.4 Å². The molecule has 5 nitrogen and oxygen atoms in total. The molecule has 0 aliphatic rings. The molecule has 0 fully saturated rings. The molecule has 1 aromatic carbocycles. The number of nitrogens with zero attached hydrogens (tertiary/aromatic N) is 4. The SMILES string of the molecule is CC(C)C(=O)/C(C#N)=C\c1ccc(-n2cncn2)c(F)c1. The minimum Gasteiger partial charge on any atom is -0.293 e. The lowest BCUT2D eigenvalue weighted by Gasteiger charge is -2.05. The lowest BCUT2D eigenvalue weighted by atomic mass is 10.00. The highest BCUT2D eigenvalue weighted by Crippen LogP contribution is 2.17. The summed E-state index contributed by atoms with van der Waals surface area (Å²) < 4.78 is 15.3. The summed E-state index contributed by atoms with van der Waals surface area (Å²) in [5.74, 6) is -1.06. The highest BCUT2D eigenvalue weighted by atomic mass is 19.1. The maximum absolute atomic E-state index is 14.0. The van der Waals surface area contributed by atoms with Crippen LogP contribution in [0.5, 0.6) is 0 Å². The lowest BCUT2D eigenvalue weighted by Crippen LogP contribution is -2.08. The van der Waals surface area contributed by atoms with Gasteiger partial charge in [0.1, 0.15) is 30.2 Å². The van der Waals surface area contributed by atoms with Gasteiger partial charge in [-0.25, -0.2) is 14.1 Å². The lowest BCUT2D eigenvalue weighted by molar-refractivity contribution is -0.117. The standard InChI is InChI=1S/C15H13FN4O/c1-10(2)15(21)12(7-17)5-11-3-4-14(13(16)6-11)20-9-18-8-19-20/h3-6,8-10H,1-2H3/b12-5-. The highest BCUT2D eigenvalue weighted by molar-refractivity contribution is 6.04. The van der Waals surface area contributed by atoms with Gasteiger partial charge in [0.25, 0.3) is 0 Å². The van der Waals surface area contributed by atoms with Gasteiger partial charge in [-0.1, -0.05) is 19.9 Å². The Morgan fingerprint density at radius 3 is 2.76 bits per heavy atom. The van der Waals surface area contributed by atoms with E-state index in [1.165, 1.54) is 35.5 Å². The maximum Gasteiger partial charge on any atom is 0.175 e. The van der Waals surface area contributed by atoms with Gasteiger partial charge in [-0.3, -0.25) is 4.79 Å². The molecule has 0 aliphatic heterocycles. The van der Waals surface area contributed by atoms with Crippen molar-refractivity contribution in [2.45, 2.75) is 13.8 Å². The zero-order valence-corrected chi connectivity index (χ0v) is 11.6. The zero-order valence-electron chi connectivity index (χ0n) is 11.6. The number of Topliss-reactive ketones (excluding diaryl/α,β-unsaturated/α-hetero) is 1. The van der Waals surface area contributed by atoms with E-state index in [1.807, 2.05) is 6.07 Å². The number of hydrogen-bond acceptors (Lipinski definition) is 4. The van der Waals surface area contributed by atoms with Crippen molar-refractivity contribution < 1.29 is 9.18 Å². The summed E-state index contributed by atoms with van der Waals surface area (Å²) in [6.07, 6.45) is 4.08. The summed E-state index contributed by atoms with van der Waals surface area (Å²) in [7, 11) is 0. The highest BCUT2D eigenvalue weighted by Gasteiger charge is 2.14. The van der Waals surface area contributed by atoms with Crippen LogP contribution in [-0.2, 0) is 4.79 Å². The molecule has 0 N–H and O–H groups in total. The van der Waals surface area contributed by atoms with E-state index in [0.29, 0.717) is 5.56 Å². The molecule has 2 aromatic rings. The normalized spacial score (nSPS) is 11.5. The predicted octanol–water partition coefficient (Wildman–Crippen LogP) is 2.54. The first-order valence-corrected chi connectivity index (χ1v) is 6.33. The fourth-order valence-corrected chi connectivity index (χ4v) is 1.77. The number of halogens is 1. The molecule has 21 heavy (non-hydrogen) atoms. The van der Waals surface area contributed by atoms with E-state index in [0.717, 1.165) is 0 Å². The Balaban J connectivity index is 2.37. The number of benzene rings is 1. The molecule has 0 bridgehead atoms. The largest absolute Gasteiger partial charge is 0.293 e. The number of hydrogen-bond donors (Lipinski definition) is 0. The maximum atomic E-state index is 14.0. The molecular formula is C15H13FN4O. The van der Waals surface area contributed by atoms with Crippen molar-refractivity contribution in [1.82, 2.24) is 14.8 Å². The van der Waals surface area contributed by atoms with E-state index in [9.17, 15) is 9.18 Å². The van der Waals surface area contributed by atoms with Crippen LogP contribution in [0.15, 0.2) is 36.4 Å². The molecule has 0 spiro atoms. The molecule has 0 amide bonds. The van der Waals surface area contributed by atoms with Crippen LogP contribution in [0.25, 0.3) is 11.8 Å². The van der Waals surface area contributed by atoms with Crippen LogP contribution in [0, 0.1) is 23.1 Å². The molecule has 1 heterocycles. The second kappa shape index (κ2) is 6.09. The van der Waals surface area contributed by atoms with Crippen LogP contribution in [0.2, 0.25) is 0 Å². The summed E-state index contributed by atoms with van der Waals surface area (Å²) >= 11 is 0. The molecule has 0 saturated carbocycles. The first-order valence-electron chi connectivity index (χ1n) is 6.33. The number of carbonyl (C=O) groups excluding carboxylic acids is 1. The van der Waals surface area contributed by atoms with Gasteiger partial charge in [0.2, 0.25) is 0 Å². The van der Waals surface area contributed by atoms with Crippen molar-refractivity contribution in [2.24, 2.45) is 5.92 Å². The number of aromatic nitrogens is 3. The molecule has 0 radical (unpaired) electrons. The van der Waals surface area contributed by atoms with E-state index < -0.39 is 5.82 Å². The van der Waals surface area contributed by atoms with Gasteiger partial charge in [0.15, 0.2) is 5.78 Å². The Morgan fingerprint density at radius 2 is 2.24 bits per heavy atom. The third-order valence-electron chi connectivity index (χ3n) is 2.86. The van der Waals surface area contributed by atoms with Crippen molar-refractivity contribution >= 4 is 11.9 Å². The van der Waals surface area contributed by atoms with Crippen molar-refractivity contribution in [3.8, 4) is 11.8 Å². The Morgan fingerprint density at radius 1 is 1.48 bits per heavy atom. The summed E-state index contributed by atoms with van der Waals surface area (Å²) in [4.78, 5) is 15.6. The summed E-state index contributed by atoms with van der Waals surface area (Å²) in [6, 6.07) is 6.24. The molecule has 106 valence electrons. The topological polar surface area (TPSA) is 71.6 Å². The zero-order chi connectivity index (χ0) is 15.4. The van der Waals surface area contributed by atoms with Gasteiger partial charge in [0, 0.05) is 5.92 Å². The Labute approximate surface area is 121 Å². The van der Waals surface area contributed by atoms with Crippen molar-refractivity contribution in [2.75, 3.05) is 0 Å². The third kappa shape index (κ3) is 3.20. The monoisotopic (exact) mass is 284 g/mol. The Bertz CT molecular complexity index is 727. The van der Waals surface area contributed by atoms with E-state index in [-0.39, 0.29) is 23.0 Å². The van der Waals surface area contributed by atoms with Gasteiger partial charge in [-0.2, -0.15) is 10.4 Å². The van der Waals surface area contributed by atoms with Gasteiger partial charge < -0.3 is 0 Å². The van der Waals surface area contributed by atoms with Crippen LogP contribution in [0.4, 0.5) is 4.39 Å². The quantitative estimate of drug-likeness (QED) is 0.639. The molecular weight excluding hydrogens is 271 g/mol. The molecule has 0 aliphatic carbocycles. The Hall–Kier alpha value is -2.81. The van der Waals surface area contributed by atoms with Crippen LogP contribution >= 0.6 is 0 Å². The second-order valence-corrected chi connectivity index (χ2v) is 4.74. The fourth-order valence-electron chi connectivity index (χ4n) is 1.77. The van der Waals surface area contributed by atoms with Crippen LogP contribution in [-0.4, -0.2) is 20.5 Å². The average Bonchev–Trinajstić information content (AvgIpc) is 2.98. The van der Waals surface area contributed by atoms with E-state index in [1.54, 1.807) is 19.9 Å². The van der Waals surface area contributed by atoms with Gasteiger partial charge in [0.05, 0.1) is 5.57 Å². The first kappa shape index (κ1) is 14.6. The first-order chi connectivity index (χ1) is 10.0. The van der Waals surface area contributed by atoms with Gasteiger partial charge >= 0.3 is 0 Å². The van der Waals surface area contributed by atoms with E-state index in [2.05, 4.69) is 10.1 Å². The predicted molar refractivity (Wildman–Crippen MR) is 74.8 cm³/mol. The minimum atomic E-state index is -0.511. The van der Waals surface area contributed by atoms with Crippen molar-refractivity contribution in [3.05, 3.63) is 47.8 Å². The van der Waals surface area contributed by atoms with Crippen LogP contribution < -0.4 is 0 Å². The molecule has 0 atom stereocenters. The fraction of sp³-hybridized carbons (Fsp3) is 0.200. The average molecular weight is 284 g/mol. The molecule has 1 aromatic heterocycles. The van der Waals surface area contributed by atoms with Crippen molar-refractivity contribution in [1.29, 1.82) is 5.26 Å². The van der Waals surface area contributed by atoms with Gasteiger partial charge in [-0.05, 0) is 23.8 Å². The van der Waals surface area contributed by atoms with E-state index in [4.69, 9.17) is 5.26 Å². The van der Waals surface area contributed by atoms with Crippen LogP contribution in [0.3, 0.4) is 0 Å². The summed E-state index contributed by atoms with van der Waals surface area (Å²) in [5.41, 5.74) is 0.707. The molecule has 2 rings (SSSR count). The summed E-state index contributed by atoms with van der Waals surface area (Å²) in [5, 5.41) is 12.9. The Kier molecular flexibility index (Phi) is 4.24. The number of carbonyl (C=O) groups is 1. The number of allylic oxidation sites excluding steroid dienone is 1. The van der Waals surface area contributed by atoms with Crippen molar-refractivity contribution in [3.63, 3.8) is 0 Å². The molecule has 0 unspecified atom stereocenters. The smallest absolute Gasteiger partial charge is 0.175 e. The molecule has 0 saturated heterocycles. The molecule has 6 heteroatoms. The van der Waals surface area contributed by atoms with Gasteiger partial charge in [-0.15, -0.1) is 0 Å². The minimum absolute atomic E-state index is 0.0119. The van der Waals surface area contributed by atoms with E-state index >= 15 is 0 Å².